The molecule has 1 fully saturated rings. The summed E-state index contributed by atoms with van der Waals surface area (Å²) in [4.78, 5) is 18.1. The standard InChI is InChI=1S/C15H15ClFN3O3/c16-11-8-10(17)3-4-13(11)22-7-5-14(21)20-6-1-2-12(20)15-18-9-23-19-15/h3-4,8-9,12H,1-2,5-7H2. The summed E-state index contributed by atoms with van der Waals surface area (Å²) in [5.74, 6) is 0.407. The predicted octanol–water partition coefficient (Wildman–Crippen LogP) is 2.99. The van der Waals surface area contributed by atoms with Gasteiger partial charge in [-0.3, -0.25) is 4.79 Å². The van der Waals surface area contributed by atoms with Crippen molar-refractivity contribution in [2.24, 2.45) is 0 Å². The van der Waals surface area contributed by atoms with Crippen molar-refractivity contribution in [2.75, 3.05) is 13.2 Å². The highest BCUT2D eigenvalue weighted by molar-refractivity contribution is 6.32. The van der Waals surface area contributed by atoms with Gasteiger partial charge in [-0.25, -0.2) is 4.39 Å². The number of nitrogens with zero attached hydrogens (tertiary/aromatic N) is 3. The fourth-order valence-corrected chi connectivity index (χ4v) is 2.87. The van der Waals surface area contributed by atoms with Crippen molar-refractivity contribution in [2.45, 2.75) is 25.3 Å². The number of carbonyl (C=O) groups is 1. The molecule has 1 aromatic heterocycles. The Balaban J connectivity index is 1.55. The molecule has 0 bridgehead atoms. The molecule has 1 aromatic carbocycles. The van der Waals surface area contributed by atoms with Gasteiger partial charge in [-0.2, -0.15) is 4.98 Å². The van der Waals surface area contributed by atoms with E-state index in [1.807, 2.05) is 0 Å². The van der Waals surface area contributed by atoms with Crippen LogP contribution >= 0.6 is 11.6 Å². The number of rotatable bonds is 5. The van der Waals surface area contributed by atoms with Gasteiger partial charge in [0.1, 0.15) is 11.6 Å². The van der Waals surface area contributed by atoms with E-state index in [1.165, 1.54) is 24.6 Å². The minimum absolute atomic E-state index is 0.0458. The molecule has 2 heterocycles. The Hall–Kier alpha value is -2.15. The van der Waals surface area contributed by atoms with Crippen LogP contribution in [-0.4, -0.2) is 34.1 Å². The van der Waals surface area contributed by atoms with E-state index in [2.05, 4.69) is 10.1 Å². The Morgan fingerprint density at radius 2 is 2.39 bits per heavy atom. The summed E-state index contributed by atoms with van der Waals surface area (Å²) in [5.41, 5.74) is 0. The topological polar surface area (TPSA) is 68.5 Å². The number of hydrogen-bond acceptors (Lipinski definition) is 5. The molecule has 0 saturated carbocycles. The van der Waals surface area contributed by atoms with E-state index in [9.17, 15) is 9.18 Å². The van der Waals surface area contributed by atoms with Crippen LogP contribution < -0.4 is 4.74 Å². The van der Waals surface area contributed by atoms with Crippen molar-refractivity contribution in [1.29, 1.82) is 0 Å². The molecule has 0 N–H and O–H groups in total. The number of likely N-dealkylation sites (tertiary alicyclic amines) is 1. The second-order valence-corrected chi connectivity index (χ2v) is 5.61. The van der Waals surface area contributed by atoms with Crippen LogP contribution in [0.4, 0.5) is 4.39 Å². The molecule has 1 aliphatic rings. The van der Waals surface area contributed by atoms with E-state index >= 15 is 0 Å². The van der Waals surface area contributed by atoms with Crippen LogP contribution in [0.5, 0.6) is 5.75 Å². The molecule has 0 spiro atoms. The van der Waals surface area contributed by atoms with Crippen molar-refractivity contribution in [1.82, 2.24) is 15.0 Å². The number of amides is 1. The third kappa shape index (κ3) is 3.61. The zero-order valence-corrected chi connectivity index (χ0v) is 13.0. The molecule has 6 nitrogen and oxygen atoms in total. The average Bonchev–Trinajstić information content (AvgIpc) is 3.19. The molecule has 1 saturated heterocycles. The zero-order chi connectivity index (χ0) is 16.2. The van der Waals surface area contributed by atoms with Gasteiger partial charge in [-0.1, -0.05) is 16.8 Å². The van der Waals surface area contributed by atoms with Crippen LogP contribution in [0.1, 0.15) is 31.1 Å². The highest BCUT2D eigenvalue weighted by atomic mass is 35.5. The molecule has 122 valence electrons. The molecule has 8 heteroatoms. The van der Waals surface area contributed by atoms with E-state index in [0.29, 0.717) is 18.1 Å². The molecular formula is C15H15ClFN3O3. The summed E-state index contributed by atoms with van der Waals surface area (Å²) in [5, 5.41) is 4.00. The minimum Gasteiger partial charge on any atom is -0.491 e. The summed E-state index contributed by atoms with van der Waals surface area (Å²) in [7, 11) is 0. The Morgan fingerprint density at radius 1 is 1.52 bits per heavy atom. The van der Waals surface area contributed by atoms with Crippen molar-refractivity contribution < 1.29 is 18.4 Å². The zero-order valence-electron chi connectivity index (χ0n) is 12.2. The first-order chi connectivity index (χ1) is 11.1. The molecule has 2 aromatic rings. The molecule has 23 heavy (non-hydrogen) atoms. The monoisotopic (exact) mass is 339 g/mol. The van der Waals surface area contributed by atoms with Crippen molar-refractivity contribution >= 4 is 17.5 Å². The third-order valence-electron chi connectivity index (χ3n) is 3.72. The van der Waals surface area contributed by atoms with Gasteiger partial charge in [0.15, 0.2) is 5.82 Å². The summed E-state index contributed by atoms with van der Waals surface area (Å²) in [6, 6.07) is 3.73. The summed E-state index contributed by atoms with van der Waals surface area (Å²) >= 11 is 5.88. The van der Waals surface area contributed by atoms with Crippen molar-refractivity contribution in [3.05, 3.63) is 41.3 Å². The number of aromatic nitrogens is 2. The maximum atomic E-state index is 13.0. The summed E-state index contributed by atoms with van der Waals surface area (Å²) < 4.78 is 23.2. The van der Waals surface area contributed by atoms with Gasteiger partial charge in [-0.05, 0) is 31.0 Å². The Morgan fingerprint density at radius 3 is 3.13 bits per heavy atom. The number of hydrogen-bond donors (Lipinski definition) is 0. The fraction of sp³-hybridized carbons (Fsp3) is 0.400. The van der Waals surface area contributed by atoms with Crippen molar-refractivity contribution in [3.8, 4) is 5.75 Å². The van der Waals surface area contributed by atoms with Crippen LogP contribution in [0.25, 0.3) is 0 Å². The predicted molar refractivity (Wildman–Crippen MR) is 79.5 cm³/mol. The number of halogens is 2. The van der Waals surface area contributed by atoms with Crippen LogP contribution in [0.15, 0.2) is 29.1 Å². The summed E-state index contributed by atoms with van der Waals surface area (Å²) in [6.45, 7) is 0.828. The SMILES string of the molecule is O=C(CCOc1ccc(F)cc1Cl)N1CCCC1c1ncon1. The maximum absolute atomic E-state index is 13.0. The molecule has 0 aliphatic carbocycles. The Labute approximate surface area is 137 Å². The number of benzene rings is 1. The van der Waals surface area contributed by atoms with Gasteiger partial charge in [0, 0.05) is 6.54 Å². The first-order valence-corrected chi connectivity index (χ1v) is 7.66. The third-order valence-corrected chi connectivity index (χ3v) is 4.01. The van der Waals surface area contributed by atoms with E-state index in [0.717, 1.165) is 12.8 Å². The molecule has 1 amide bonds. The highest BCUT2D eigenvalue weighted by Gasteiger charge is 2.32. The smallest absolute Gasteiger partial charge is 0.226 e. The number of carbonyl (C=O) groups excluding carboxylic acids is 1. The molecule has 3 rings (SSSR count). The number of ether oxygens (including phenoxy) is 1. The molecule has 1 aliphatic heterocycles. The van der Waals surface area contributed by atoms with Gasteiger partial charge >= 0.3 is 0 Å². The van der Waals surface area contributed by atoms with E-state index in [4.69, 9.17) is 20.9 Å². The van der Waals surface area contributed by atoms with Crippen LogP contribution in [0.3, 0.4) is 0 Å². The lowest BCUT2D eigenvalue weighted by Crippen LogP contribution is -2.32. The lowest BCUT2D eigenvalue weighted by Gasteiger charge is -2.22. The molecule has 0 radical (unpaired) electrons. The molecular weight excluding hydrogens is 325 g/mol. The quantitative estimate of drug-likeness (QED) is 0.837. The Bertz CT molecular complexity index is 681. The van der Waals surface area contributed by atoms with Gasteiger partial charge in [-0.15, -0.1) is 0 Å². The minimum atomic E-state index is -0.432. The first kappa shape index (κ1) is 15.7. The van der Waals surface area contributed by atoms with Crippen molar-refractivity contribution in [3.63, 3.8) is 0 Å². The molecule has 1 unspecified atom stereocenters. The first-order valence-electron chi connectivity index (χ1n) is 7.29. The average molecular weight is 340 g/mol. The van der Waals surface area contributed by atoms with Crippen LogP contribution in [0, 0.1) is 5.82 Å². The normalized spacial score (nSPS) is 17.5. The van der Waals surface area contributed by atoms with Gasteiger partial charge in [0.2, 0.25) is 12.3 Å². The second-order valence-electron chi connectivity index (χ2n) is 5.21. The van der Waals surface area contributed by atoms with E-state index in [-0.39, 0.29) is 30.0 Å². The molecule has 1 atom stereocenters. The van der Waals surface area contributed by atoms with Crippen LogP contribution in [0.2, 0.25) is 5.02 Å². The Kier molecular flexibility index (Phi) is 4.76. The second kappa shape index (κ2) is 6.95. The maximum Gasteiger partial charge on any atom is 0.226 e. The van der Waals surface area contributed by atoms with E-state index in [1.54, 1.807) is 4.90 Å². The highest BCUT2D eigenvalue weighted by Crippen LogP contribution is 2.30. The summed E-state index contributed by atoms with van der Waals surface area (Å²) in [6.07, 6.45) is 3.17. The lowest BCUT2D eigenvalue weighted by molar-refractivity contribution is -0.132. The largest absolute Gasteiger partial charge is 0.491 e. The van der Waals surface area contributed by atoms with Crippen LogP contribution in [-0.2, 0) is 4.79 Å². The lowest BCUT2D eigenvalue weighted by atomic mass is 10.2. The van der Waals surface area contributed by atoms with Gasteiger partial charge < -0.3 is 14.2 Å². The fourth-order valence-electron chi connectivity index (χ4n) is 2.64. The van der Waals surface area contributed by atoms with Gasteiger partial charge in [0.25, 0.3) is 0 Å². The van der Waals surface area contributed by atoms with E-state index < -0.39 is 5.82 Å². The van der Waals surface area contributed by atoms with Gasteiger partial charge in [0.05, 0.1) is 24.1 Å².